The van der Waals surface area contributed by atoms with Gasteiger partial charge in [0.25, 0.3) is 0 Å². The van der Waals surface area contributed by atoms with E-state index in [4.69, 9.17) is 9.47 Å². The van der Waals surface area contributed by atoms with Crippen molar-refractivity contribution < 1.29 is 33.8 Å². The zero-order chi connectivity index (χ0) is 31.0. The molecule has 3 aliphatic heterocycles. The van der Waals surface area contributed by atoms with E-state index >= 15 is 0 Å². The highest BCUT2D eigenvalue weighted by Crippen LogP contribution is 2.59. The Hall–Kier alpha value is -3.50. The third kappa shape index (κ3) is 6.70. The SMILES string of the molecule is C=CCCC(=O)NC[C@H](OC(=O)[C@@H]1[C@@H]2CC[C@]3(O2)[C@H](C(=O)N(CC=C)CCCCC)N(CCO)C(=O)[C@@H]13)c1ccccc1. The summed E-state index contributed by atoms with van der Waals surface area (Å²) in [6, 6.07) is 8.18. The number of hydrogen-bond donors (Lipinski definition) is 2. The first-order valence-electron chi connectivity index (χ1n) is 15.4. The fourth-order valence-electron chi connectivity index (χ4n) is 6.86. The second-order valence-corrected chi connectivity index (χ2v) is 11.6. The highest BCUT2D eigenvalue weighted by Gasteiger charge is 2.75. The zero-order valence-electron chi connectivity index (χ0n) is 25.1. The molecule has 0 saturated carbocycles. The number of esters is 1. The van der Waals surface area contributed by atoms with Crippen LogP contribution < -0.4 is 5.32 Å². The molecule has 6 atom stereocenters. The van der Waals surface area contributed by atoms with Gasteiger partial charge in [0, 0.05) is 26.1 Å². The third-order valence-electron chi connectivity index (χ3n) is 8.83. The summed E-state index contributed by atoms with van der Waals surface area (Å²) in [7, 11) is 0. The lowest BCUT2D eigenvalue weighted by molar-refractivity contribution is -0.160. The Morgan fingerprint density at radius 2 is 2.00 bits per heavy atom. The van der Waals surface area contributed by atoms with E-state index in [9.17, 15) is 24.3 Å². The minimum absolute atomic E-state index is 0.0381. The van der Waals surface area contributed by atoms with Crippen molar-refractivity contribution in [3.63, 3.8) is 0 Å². The maximum atomic E-state index is 14.1. The Kier molecular flexibility index (Phi) is 11.2. The van der Waals surface area contributed by atoms with Crippen molar-refractivity contribution in [3.05, 3.63) is 61.2 Å². The molecule has 10 heteroatoms. The van der Waals surface area contributed by atoms with Crippen LogP contribution in [0.2, 0.25) is 0 Å². The molecular weight excluding hydrogens is 550 g/mol. The van der Waals surface area contributed by atoms with E-state index in [-0.39, 0.29) is 43.8 Å². The van der Waals surface area contributed by atoms with Crippen LogP contribution in [0.1, 0.15) is 63.5 Å². The van der Waals surface area contributed by atoms with Gasteiger partial charge in [-0.3, -0.25) is 19.2 Å². The monoisotopic (exact) mass is 595 g/mol. The van der Waals surface area contributed by atoms with E-state index in [1.165, 1.54) is 4.90 Å². The molecule has 43 heavy (non-hydrogen) atoms. The van der Waals surface area contributed by atoms with Crippen LogP contribution in [0.15, 0.2) is 55.6 Å². The van der Waals surface area contributed by atoms with Crippen LogP contribution in [0, 0.1) is 11.8 Å². The summed E-state index contributed by atoms with van der Waals surface area (Å²) in [4.78, 5) is 57.4. The second-order valence-electron chi connectivity index (χ2n) is 11.6. The molecule has 2 bridgehead atoms. The van der Waals surface area contributed by atoms with Gasteiger partial charge in [0.15, 0.2) is 0 Å². The van der Waals surface area contributed by atoms with Crippen LogP contribution in [-0.2, 0) is 28.7 Å². The fraction of sp³-hybridized carbons (Fsp3) is 0.576. The van der Waals surface area contributed by atoms with Crippen LogP contribution in [0.3, 0.4) is 0 Å². The predicted molar refractivity (Wildman–Crippen MR) is 160 cm³/mol. The average Bonchev–Trinajstić information content (AvgIpc) is 3.65. The number of β-amino-alcohol motifs (C(OH)–C–C–N with tert-alkyl or cyclic N) is 1. The first-order chi connectivity index (χ1) is 20.8. The number of benzene rings is 1. The molecule has 3 aliphatic rings. The van der Waals surface area contributed by atoms with E-state index in [1.54, 1.807) is 17.1 Å². The number of nitrogens with zero attached hydrogens (tertiary/aromatic N) is 2. The average molecular weight is 596 g/mol. The molecule has 1 aromatic carbocycles. The number of ether oxygens (including phenoxy) is 2. The predicted octanol–water partition coefficient (Wildman–Crippen LogP) is 2.93. The Morgan fingerprint density at radius 3 is 2.67 bits per heavy atom. The van der Waals surface area contributed by atoms with Gasteiger partial charge in [0.05, 0.1) is 31.1 Å². The zero-order valence-corrected chi connectivity index (χ0v) is 25.1. The van der Waals surface area contributed by atoms with Gasteiger partial charge in [-0.05, 0) is 31.2 Å². The van der Waals surface area contributed by atoms with Crippen molar-refractivity contribution in [2.45, 2.75) is 75.7 Å². The number of aliphatic hydroxyl groups excluding tert-OH is 1. The molecule has 3 saturated heterocycles. The molecule has 2 N–H and O–H groups in total. The molecule has 10 nitrogen and oxygen atoms in total. The molecule has 3 amide bonds. The van der Waals surface area contributed by atoms with Gasteiger partial charge in [-0.2, -0.15) is 0 Å². The molecule has 0 aliphatic carbocycles. The van der Waals surface area contributed by atoms with Gasteiger partial charge in [0.1, 0.15) is 17.7 Å². The molecule has 3 fully saturated rings. The number of unbranched alkanes of at least 4 members (excludes halogenated alkanes) is 2. The number of nitrogens with one attached hydrogen (secondary N) is 1. The van der Waals surface area contributed by atoms with E-state index in [2.05, 4.69) is 25.4 Å². The summed E-state index contributed by atoms with van der Waals surface area (Å²) in [5, 5.41) is 12.7. The Labute approximate surface area is 254 Å². The van der Waals surface area contributed by atoms with Gasteiger partial charge in [-0.15, -0.1) is 13.2 Å². The molecule has 234 valence electrons. The molecule has 0 aromatic heterocycles. The number of allylic oxidation sites excluding steroid dienone is 1. The second kappa shape index (κ2) is 14.8. The fourth-order valence-corrected chi connectivity index (χ4v) is 6.86. The molecule has 4 rings (SSSR count). The highest BCUT2D eigenvalue weighted by molar-refractivity contribution is 5.98. The first-order valence-corrected chi connectivity index (χ1v) is 15.4. The van der Waals surface area contributed by atoms with Crippen LogP contribution in [-0.4, -0.2) is 89.1 Å². The number of carbonyl (C=O) groups is 4. The minimum atomic E-state index is -1.18. The van der Waals surface area contributed by atoms with Gasteiger partial charge in [0.2, 0.25) is 17.7 Å². The number of carbonyl (C=O) groups excluding carboxylic acids is 4. The van der Waals surface area contributed by atoms with Crippen LogP contribution >= 0.6 is 0 Å². The molecule has 0 unspecified atom stereocenters. The van der Waals surface area contributed by atoms with Crippen LogP contribution in [0.5, 0.6) is 0 Å². The Balaban J connectivity index is 1.59. The summed E-state index contributed by atoms with van der Waals surface area (Å²) >= 11 is 0. The number of likely N-dealkylation sites (tertiary alicyclic amines) is 1. The lowest BCUT2D eigenvalue weighted by atomic mass is 9.70. The summed E-state index contributed by atoms with van der Waals surface area (Å²) in [5.74, 6) is -3.22. The molecule has 1 aromatic rings. The summed E-state index contributed by atoms with van der Waals surface area (Å²) in [6.45, 7) is 10.1. The van der Waals surface area contributed by atoms with Crippen molar-refractivity contribution >= 4 is 23.7 Å². The lowest BCUT2D eigenvalue weighted by Gasteiger charge is -2.36. The smallest absolute Gasteiger partial charge is 0.313 e. The first kappa shape index (κ1) is 32.4. The largest absolute Gasteiger partial charge is 0.455 e. The molecule has 0 radical (unpaired) electrons. The number of rotatable bonds is 17. The van der Waals surface area contributed by atoms with E-state index in [1.807, 2.05) is 30.3 Å². The number of aliphatic hydroxyl groups is 1. The van der Waals surface area contributed by atoms with Gasteiger partial charge < -0.3 is 29.7 Å². The maximum absolute atomic E-state index is 14.1. The maximum Gasteiger partial charge on any atom is 0.313 e. The van der Waals surface area contributed by atoms with Crippen LogP contribution in [0.25, 0.3) is 0 Å². The third-order valence-corrected chi connectivity index (χ3v) is 8.83. The molecular formula is C33H45N3O7. The van der Waals surface area contributed by atoms with E-state index < -0.39 is 41.7 Å². The molecule has 1 spiro atoms. The van der Waals surface area contributed by atoms with E-state index in [0.717, 1.165) is 19.3 Å². The van der Waals surface area contributed by atoms with E-state index in [0.29, 0.717) is 37.9 Å². The summed E-state index contributed by atoms with van der Waals surface area (Å²) in [6.07, 6.45) is 6.52. The van der Waals surface area contributed by atoms with Gasteiger partial charge >= 0.3 is 5.97 Å². The Morgan fingerprint density at radius 1 is 1.23 bits per heavy atom. The topological polar surface area (TPSA) is 125 Å². The van der Waals surface area contributed by atoms with Crippen molar-refractivity contribution in [2.75, 3.05) is 32.8 Å². The highest BCUT2D eigenvalue weighted by atomic mass is 16.6. The van der Waals surface area contributed by atoms with Gasteiger partial charge in [-0.1, -0.05) is 62.2 Å². The number of fused-ring (bicyclic) bond motifs is 1. The normalized spacial score (nSPS) is 26.1. The van der Waals surface area contributed by atoms with Gasteiger partial charge in [-0.25, -0.2) is 0 Å². The summed E-state index contributed by atoms with van der Waals surface area (Å²) in [5.41, 5.74) is -0.471. The summed E-state index contributed by atoms with van der Waals surface area (Å²) < 4.78 is 12.5. The van der Waals surface area contributed by atoms with Crippen molar-refractivity contribution in [3.8, 4) is 0 Å². The van der Waals surface area contributed by atoms with Crippen molar-refractivity contribution in [2.24, 2.45) is 11.8 Å². The standard InChI is InChI=1S/C33H45N3O7/c1-4-7-12-19-35(18-6-3)31(40)29-33-17-16-24(43-33)27(28(33)30(39)36(29)20-21-37)32(41)42-25(23-13-10-9-11-14-23)22-34-26(38)15-8-5-2/h5-6,9-11,13-14,24-25,27-29,37H,2-4,7-8,12,15-22H2,1H3,(H,34,38)/t24-,25-,27+,28+,29-,33+/m0/s1. The molecule has 3 heterocycles. The Bertz CT molecular complexity index is 1170. The quantitative estimate of drug-likeness (QED) is 0.161. The number of amides is 3. The van der Waals surface area contributed by atoms with Crippen LogP contribution in [0.4, 0.5) is 0 Å². The number of hydrogen-bond acceptors (Lipinski definition) is 7. The van der Waals surface area contributed by atoms with Crippen molar-refractivity contribution in [1.82, 2.24) is 15.1 Å². The minimum Gasteiger partial charge on any atom is -0.455 e. The van der Waals surface area contributed by atoms with Crippen molar-refractivity contribution in [1.29, 1.82) is 0 Å². The lowest BCUT2D eigenvalue weighted by Crippen LogP contribution is -2.56.